The Morgan fingerprint density at radius 1 is 0.660 bits per heavy atom. The number of carbonyl (C=O) groups is 1. The number of aryl methyl sites for hydroxylation is 1. The highest BCUT2D eigenvalue weighted by Crippen LogP contribution is 2.42. The number of nitrogens with one attached hydrogen (secondary N) is 3. The average molecular weight is 684 g/mol. The van der Waals surface area contributed by atoms with Crippen molar-refractivity contribution in [2.24, 2.45) is 0 Å². The van der Waals surface area contributed by atoms with Crippen LogP contribution in [-0.2, 0) is 4.84 Å². The number of methoxy groups -OCH3 is 5. The smallest absolute Gasteiger partial charge is 0.255 e. The molecule has 4 aromatic rings. The molecule has 3 N–H and O–H groups in total. The van der Waals surface area contributed by atoms with Gasteiger partial charge in [0.2, 0.25) is 5.75 Å². The lowest BCUT2D eigenvalue weighted by Gasteiger charge is -2.28. The van der Waals surface area contributed by atoms with Gasteiger partial charge in [0, 0.05) is 17.7 Å². The molecule has 0 aromatic heterocycles. The van der Waals surface area contributed by atoms with E-state index in [2.05, 4.69) is 16.1 Å². The van der Waals surface area contributed by atoms with E-state index in [1.165, 1.54) is 0 Å². The first-order valence-electron chi connectivity index (χ1n) is 16.1. The van der Waals surface area contributed by atoms with Gasteiger partial charge in [0.05, 0.1) is 60.0 Å². The summed E-state index contributed by atoms with van der Waals surface area (Å²) in [6.07, 6.45) is 1.78. The molecule has 6 rings (SSSR count). The second-order valence-electron chi connectivity index (χ2n) is 11.6. The van der Waals surface area contributed by atoms with Crippen molar-refractivity contribution in [1.82, 2.24) is 10.8 Å². The summed E-state index contributed by atoms with van der Waals surface area (Å²) in [6, 6.07) is 20.8. The molecular formula is C38H41N3O9. The third-order valence-electron chi connectivity index (χ3n) is 8.43. The molecule has 2 unspecified atom stereocenters. The number of fused-ring (bicyclic) bond motifs is 1. The van der Waals surface area contributed by atoms with Crippen molar-refractivity contribution in [2.75, 3.05) is 54.1 Å². The summed E-state index contributed by atoms with van der Waals surface area (Å²) >= 11 is 0. The van der Waals surface area contributed by atoms with E-state index in [0.29, 0.717) is 65.4 Å². The lowest BCUT2D eigenvalue weighted by atomic mass is 10.0. The Morgan fingerprint density at radius 3 is 2.02 bits per heavy atom. The molecule has 2 aliphatic rings. The number of hydrogen-bond acceptors (Lipinski definition) is 11. The van der Waals surface area contributed by atoms with Gasteiger partial charge in [-0.25, -0.2) is 0 Å². The molecule has 2 atom stereocenters. The molecular weight excluding hydrogens is 642 g/mol. The molecule has 0 bridgehead atoms. The van der Waals surface area contributed by atoms with Gasteiger partial charge in [-0.15, -0.1) is 0 Å². The Hall–Kier alpha value is -5.75. The number of hydrogen-bond donors (Lipinski definition) is 3. The Morgan fingerprint density at radius 2 is 1.32 bits per heavy atom. The van der Waals surface area contributed by atoms with E-state index in [1.807, 2.05) is 79.7 Å². The van der Waals surface area contributed by atoms with Crippen LogP contribution in [0.4, 0.5) is 5.69 Å². The third kappa shape index (κ3) is 7.15. The van der Waals surface area contributed by atoms with Crippen LogP contribution in [-0.4, -0.2) is 54.7 Å². The molecule has 12 heteroatoms. The van der Waals surface area contributed by atoms with E-state index in [0.717, 1.165) is 33.6 Å². The van der Waals surface area contributed by atoms with E-state index in [9.17, 15) is 4.79 Å². The summed E-state index contributed by atoms with van der Waals surface area (Å²) in [5, 5.41) is 6.40. The molecule has 0 radical (unpaired) electrons. The monoisotopic (exact) mass is 683 g/mol. The zero-order valence-corrected chi connectivity index (χ0v) is 28.9. The minimum atomic E-state index is -0.401. The summed E-state index contributed by atoms with van der Waals surface area (Å²) < 4.78 is 39.8. The standard InChI is InChI=1S/C38H41N3O9/c1-22-8-11-27-26(16-22)38(42)40-37(39-27)24-10-13-30(32(18-24)44-3)48-14-7-15-49-33-17-23(9-12-29(33)43-2)31-21-28(41-50-31)25-19-34(45-4)36(47-6)35(20-25)46-5/h8-13,16-21,31,37,39,41H,7,14-15H2,1-6H3,(H,40,42). The summed E-state index contributed by atoms with van der Waals surface area (Å²) in [5.41, 5.74) is 8.74. The number of rotatable bonds is 14. The molecule has 2 aliphatic heterocycles. The molecule has 2 heterocycles. The van der Waals surface area contributed by atoms with Gasteiger partial charge in [0.25, 0.3) is 5.91 Å². The second kappa shape index (κ2) is 15.2. The molecule has 1 amide bonds. The second-order valence-corrected chi connectivity index (χ2v) is 11.6. The van der Waals surface area contributed by atoms with Crippen LogP contribution in [0, 0.1) is 6.92 Å². The first-order valence-corrected chi connectivity index (χ1v) is 16.1. The van der Waals surface area contributed by atoms with Gasteiger partial charge in [0.15, 0.2) is 34.5 Å². The number of hydroxylamine groups is 1. The fourth-order valence-corrected chi connectivity index (χ4v) is 5.83. The predicted octanol–water partition coefficient (Wildman–Crippen LogP) is 6.36. The maximum absolute atomic E-state index is 12.7. The first kappa shape index (κ1) is 34.1. The van der Waals surface area contributed by atoms with Crippen molar-refractivity contribution in [3.05, 3.63) is 101 Å². The highest BCUT2D eigenvalue weighted by atomic mass is 16.7. The molecule has 12 nitrogen and oxygen atoms in total. The van der Waals surface area contributed by atoms with Crippen LogP contribution < -0.4 is 49.3 Å². The van der Waals surface area contributed by atoms with Crippen LogP contribution in [0.5, 0.6) is 40.2 Å². The number of ether oxygens (including phenoxy) is 7. The number of benzene rings is 4. The molecule has 262 valence electrons. The van der Waals surface area contributed by atoms with E-state index in [-0.39, 0.29) is 12.0 Å². The fourth-order valence-electron chi connectivity index (χ4n) is 5.83. The number of anilines is 1. The highest BCUT2D eigenvalue weighted by molar-refractivity contribution is 6.01. The summed E-state index contributed by atoms with van der Waals surface area (Å²) in [7, 11) is 7.91. The van der Waals surface area contributed by atoms with Gasteiger partial charge in [-0.2, -0.15) is 0 Å². The molecule has 0 saturated carbocycles. The maximum atomic E-state index is 12.7. The minimum Gasteiger partial charge on any atom is -0.493 e. The fraction of sp³-hybridized carbons (Fsp3) is 0.289. The summed E-state index contributed by atoms with van der Waals surface area (Å²) in [5.74, 6) is 3.82. The van der Waals surface area contributed by atoms with Crippen LogP contribution in [0.15, 0.2) is 72.8 Å². The zero-order valence-electron chi connectivity index (χ0n) is 28.9. The topological polar surface area (TPSA) is 127 Å². The van der Waals surface area contributed by atoms with Gasteiger partial charge < -0.3 is 43.8 Å². The third-order valence-corrected chi connectivity index (χ3v) is 8.43. The Kier molecular flexibility index (Phi) is 10.4. The van der Waals surface area contributed by atoms with E-state index < -0.39 is 6.17 Å². The quantitative estimate of drug-likeness (QED) is 0.129. The van der Waals surface area contributed by atoms with Crippen LogP contribution in [0.1, 0.15) is 51.3 Å². The normalized spacial score (nSPS) is 16.2. The molecule has 4 aromatic carbocycles. The molecule has 0 fully saturated rings. The maximum Gasteiger partial charge on any atom is 0.255 e. The van der Waals surface area contributed by atoms with E-state index in [4.69, 9.17) is 38.0 Å². The van der Waals surface area contributed by atoms with E-state index >= 15 is 0 Å². The van der Waals surface area contributed by atoms with Crippen molar-refractivity contribution in [2.45, 2.75) is 25.6 Å². The molecule has 0 aliphatic carbocycles. The van der Waals surface area contributed by atoms with Crippen molar-refractivity contribution in [3.8, 4) is 40.2 Å². The Bertz CT molecular complexity index is 1870. The minimum absolute atomic E-state index is 0.127. The van der Waals surface area contributed by atoms with Gasteiger partial charge in [-0.3, -0.25) is 15.1 Å². The van der Waals surface area contributed by atoms with Crippen molar-refractivity contribution in [1.29, 1.82) is 0 Å². The lowest BCUT2D eigenvalue weighted by Crippen LogP contribution is -2.38. The Balaban J connectivity index is 1.06. The largest absolute Gasteiger partial charge is 0.493 e. The number of carbonyl (C=O) groups excluding carboxylic acids is 1. The van der Waals surface area contributed by atoms with E-state index in [1.54, 1.807) is 35.5 Å². The van der Waals surface area contributed by atoms with Crippen LogP contribution >= 0.6 is 0 Å². The summed E-state index contributed by atoms with van der Waals surface area (Å²) in [4.78, 5) is 18.7. The van der Waals surface area contributed by atoms with Gasteiger partial charge >= 0.3 is 0 Å². The van der Waals surface area contributed by atoms with Crippen molar-refractivity contribution < 1.29 is 42.8 Å². The van der Waals surface area contributed by atoms with Crippen LogP contribution in [0.25, 0.3) is 5.70 Å². The summed E-state index contributed by atoms with van der Waals surface area (Å²) in [6.45, 7) is 2.73. The van der Waals surface area contributed by atoms with Gasteiger partial charge in [-0.1, -0.05) is 23.8 Å². The average Bonchev–Trinajstić information content (AvgIpc) is 3.65. The zero-order chi connectivity index (χ0) is 35.2. The molecule has 50 heavy (non-hydrogen) atoms. The first-order chi connectivity index (χ1) is 24.3. The van der Waals surface area contributed by atoms with Gasteiger partial charge in [-0.05, 0) is 72.7 Å². The van der Waals surface area contributed by atoms with Crippen LogP contribution in [0.2, 0.25) is 0 Å². The van der Waals surface area contributed by atoms with Gasteiger partial charge in [0.1, 0.15) is 12.3 Å². The van der Waals surface area contributed by atoms with Crippen molar-refractivity contribution >= 4 is 17.3 Å². The SMILES string of the molecule is COc1cc(C2NC(=O)c3cc(C)ccc3N2)ccc1OCCCOc1cc(C2C=C(c3cc(OC)c(OC)c(OC)c3)NO2)ccc1OC. The Labute approximate surface area is 291 Å². The number of amides is 1. The van der Waals surface area contributed by atoms with Crippen LogP contribution in [0.3, 0.4) is 0 Å². The predicted molar refractivity (Wildman–Crippen MR) is 188 cm³/mol. The van der Waals surface area contributed by atoms with Crippen molar-refractivity contribution in [3.63, 3.8) is 0 Å². The highest BCUT2D eigenvalue weighted by Gasteiger charge is 2.26. The molecule has 0 saturated heterocycles. The lowest BCUT2D eigenvalue weighted by molar-refractivity contribution is 0.0509. The molecule has 0 spiro atoms.